The van der Waals surface area contributed by atoms with Crippen molar-refractivity contribution >= 4 is 15.9 Å². The highest BCUT2D eigenvalue weighted by atomic mass is 32.2. The number of benzene rings is 1. The lowest BCUT2D eigenvalue weighted by Crippen LogP contribution is -2.51. The van der Waals surface area contributed by atoms with Crippen LogP contribution >= 0.6 is 0 Å². The zero-order valence-corrected chi connectivity index (χ0v) is 17.0. The maximum Gasteiger partial charge on any atom is 0.223 e. The molecule has 1 aliphatic rings. The highest BCUT2D eigenvalue weighted by Crippen LogP contribution is 2.16. The summed E-state index contributed by atoms with van der Waals surface area (Å²) in [6, 6.07) is 7.57. The van der Waals surface area contributed by atoms with Gasteiger partial charge in [0, 0.05) is 39.1 Å². The summed E-state index contributed by atoms with van der Waals surface area (Å²) in [4.78, 5) is 16.4. The van der Waals surface area contributed by atoms with Gasteiger partial charge in [0.2, 0.25) is 15.9 Å². The van der Waals surface area contributed by atoms with Crippen LogP contribution < -0.4 is 0 Å². The quantitative estimate of drug-likeness (QED) is 0.688. The van der Waals surface area contributed by atoms with E-state index >= 15 is 0 Å². The fourth-order valence-corrected chi connectivity index (χ4v) is 4.85. The minimum atomic E-state index is -3.35. The number of hydrogen-bond acceptors (Lipinski definition) is 4. The van der Waals surface area contributed by atoms with Crippen LogP contribution in [0.1, 0.15) is 31.4 Å². The summed E-state index contributed by atoms with van der Waals surface area (Å²) in [6.07, 6.45) is 0.498. The van der Waals surface area contributed by atoms with Crippen LogP contribution in [0.15, 0.2) is 24.3 Å². The van der Waals surface area contributed by atoms with Gasteiger partial charge in [0.15, 0.2) is 0 Å². The van der Waals surface area contributed by atoms with Crippen molar-refractivity contribution in [1.29, 1.82) is 0 Å². The van der Waals surface area contributed by atoms with E-state index in [-0.39, 0.29) is 11.7 Å². The number of hydrogen-bond donors (Lipinski definition) is 0. The van der Waals surface area contributed by atoms with Crippen molar-refractivity contribution < 1.29 is 13.2 Å². The van der Waals surface area contributed by atoms with Crippen molar-refractivity contribution in [1.82, 2.24) is 14.1 Å². The molecular formula is C19H31N3O3S. The van der Waals surface area contributed by atoms with Crippen molar-refractivity contribution in [3.05, 3.63) is 35.4 Å². The van der Waals surface area contributed by atoms with Crippen LogP contribution in [0.3, 0.4) is 0 Å². The third-order valence-corrected chi connectivity index (χ3v) is 6.95. The predicted molar refractivity (Wildman–Crippen MR) is 104 cm³/mol. The number of carbonyl (C=O) groups excluding carboxylic acids is 1. The van der Waals surface area contributed by atoms with Gasteiger partial charge < -0.3 is 9.80 Å². The zero-order chi connectivity index (χ0) is 19.2. The number of rotatable bonds is 8. The van der Waals surface area contributed by atoms with E-state index in [1.165, 1.54) is 4.31 Å². The van der Waals surface area contributed by atoms with E-state index in [1.807, 2.05) is 31.2 Å². The molecule has 1 aliphatic heterocycles. The first-order valence-corrected chi connectivity index (χ1v) is 11.0. The fraction of sp³-hybridized carbons (Fsp3) is 0.632. The predicted octanol–water partition coefficient (Wildman–Crippen LogP) is 1.70. The van der Waals surface area contributed by atoms with Gasteiger partial charge >= 0.3 is 0 Å². The normalized spacial score (nSPS) is 16.2. The Labute approximate surface area is 157 Å². The molecule has 0 unspecified atom stereocenters. The van der Waals surface area contributed by atoms with Crippen molar-refractivity contribution in [2.45, 2.75) is 32.9 Å². The second-order valence-corrected chi connectivity index (χ2v) is 8.71. The Morgan fingerprint density at radius 3 is 2.27 bits per heavy atom. The molecule has 1 saturated heterocycles. The first-order valence-electron chi connectivity index (χ1n) is 9.39. The zero-order valence-electron chi connectivity index (χ0n) is 16.1. The second-order valence-electron chi connectivity index (χ2n) is 6.74. The van der Waals surface area contributed by atoms with Gasteiger partial charge in [0.1, 0.15) is 0 Å². The van der Waals surface area contributed by atoms with E-state index in [9.17, 15) is 13.2 Å². The van der Waals surface area contributed by atoms with Gasteiger partial charge in [-0.05, 0) is 31.1 Å². The molecule has 1 fully saturated rings. The summed E-state index contributed by atoms with van der Waals surface area (Å²) >= 11 is 0. The third kappa shape index (κ3) is 5.53. The highest BCUT2D eigenvalue weighted by Gasteiger charge is 2.29. The van der Waals surface area contributed by atoms with Gasteiger partial charge in [-0.3, -0.25) is 4.79 Å². The van der Waals surface area contributed by atoms with E-state index in [2.05, 4.69) is 18.7 Å². The fourth-order valence-electron chi connectivity index (χ4n) is 3.23. The Kier molecular flexibility index (Phi) is 7.61. The van der Waals surface area contributed by atoms with Crippen LogP contribution in [0.25, 0.3) is 0 Å². The summed E-state index contributed by atoms with van der Waals surface area (Å²) in [7, 11) is -3.35. The molecule has 7 heteroatoms. The average molecular weight is 382 g/mol. The van der Waals surface area contributed by atoms with Crippen molar-refractivity contribution in [3.63, 3.8) is 0 Å². The molecule has 1 aromatic rings. The molecule has 0 radical (unpaired) electrons. The Hall–Kier alpha value is -1.44. The van der Waals surface area contributed by atoms with Crippen molar-refractivity contribution in [3.8, 4) is 0 Å². The molecule has 0 aromatic heterocycles. The lowest BCUT2D eigenvalue weighted by Gasteiger charge is -2.34. The molecule has 1 amide bonds. The van der Waals surface area contributed by atoms with Gasteiger partial charge in [-0.2, -0.15) is 4.31 Å². The monoisotopic (exact) mass is 381 g/mol. The van der Waals surface area contributed by atoms with E-state index in [4.69, 9.17) is 0 Å². The summed E-state index contributed by atoms with van der Waals surface area (Å²) in [5.74, 6) is 0.142. The molecule has 26 heavy (non-hydrogen) atoms. The molecule has 1 aromatic carbocycles. The average Bonchev–Trinajstić information content (AvgIpc) is 2.64. The molecule has 146 valence electrons. The second kappa shape index (κ2) is 9.48. The molecule has 2 rings (SSSR count). The van der Waals surface area contributed by atoms with E-state index < -0.39 is 10.0 Å². The number of amides is 1. The number of carbonyl (C=O) groups is 1. The topological polar surface area (TPSA) is 60.9 Å². The lowest BCUT2D eigenvalue weighted by atomic mass is 10.1. The van der Waals surface area contributed by atoms with Crippen LogP contribution in [-0.4, -0.2) is 74.2 Å². The highest BCUT2D eigenvalue weighted by molar-refractivity contribution is 7.88. The number of sulfonamides is 1. The van der Waals surface area contributed by atoms with Crippen molar-refractivity contribution in [2.75, 3.05) is 45.8 Å². The van der Waals surface area contributed by atoms with Crippen LogP contribution in [0.2, 0.25) is 0 Å². The summed E-state index contributed by atoms with van der Waals surface area (Å²) in [5.41, 5.74) is 1.83. The Morgan fingerprint density at radius 2 is 1.69 bits per heavy atom. The lowest BCUT2D eigenvalue weighted by molar-refractivity contribution is -0.132. The van der Waals surface area contributed by atoms with Crippen LogP contribution in [-0.2, 0) is 20.6 Å². The first kappa shape index (κ1) is 20.9. The Bertz CT molecular complexity index is 694. The van der Waals surface area contributed by atoms with E-state index in [1.54, 1.807) is 4.90 Å². The molecule has 0 N–H and O–H groups in total. The summed E-state index contributed by atoms with van der Waals surface area (Å²) in [5, 5.41) is 0. The van der Waals surface area contributed by atoms with Gasteiger partial charge in [-0.1, -0.05) is 38.1 Å². The molecule has 0 bridgehead atoms. The SMILES string of the molecule is CCN(CC)CCC(=O)N1CCN(S(=O)(=O)Cc2ccccc2C)CC1. The third-order valence-electron chi connectivity index (χ3n) is 5.12. The van der Waals surface area contributed by atoms with E-state index in [0.29, 0.717) is 32.6 Å². The van der Waals surface area contributed by atoms with E-state index in [0.717, 1.165) is 30.8 Å². The summed E-state index contributed by atoms with van der Waals surface area (Å²) in [6.45, 7) is 10.5. The summed E-state index contributed by atoms with van der Waals surface area (Å²) < 4.78 is 26.9. The van der Waals surface area contributed by atoms with Gasteiger partial charge in [0.05, 0.1) is 5.75 Å². The molecule has 0 aliphatic carbocycles. The number of aryl methyl sites for hydroxylation is 1. The van der Waals surface area contributed by atoms with Gasteiger partial charge in [-0.25, -0.2) is 8.42 Å². The van der Waals surface area contributed by atoms with Crippen LogP contribution in [0.5, 0.6) is 0 Å². The Morgan fingerprint density at radius 1 is 1.08 bits per heavy atom. The molecule has 6 nitrogen and oxygen atoms in total. The maximum atomic E-state index is 12.7. The smallest absolute Gasteiger partial charge is 0.223 e. The molecular weight excluding hydrogens is 350 g/mol. The minimum absolute atomic E-state index is 0.0234. The first-order chi connectivity index (χ1) is 12.4. The number of nitrogens with zero attached hydrogens (tertiary/aromatic N) is 3. The van der Waals surface area contributed by atoms with Gasteiger partial charge in [0.25, 0.3) is 0 Å². The minimum Gasteiger partial charge on any atom is -0.340 e. The van der Waals surface area contributed by atoms with Crippen LogP contribution in [0, 0.1) is 6.92 Å². The van der Waals surface area contributed by atoms with Crippen LogP contribution in [0.4, 0.5) is 0 Å². The molecule has 1 heterocycles. The largest absolute Gasteiger partial charge is 0.340 e. The number of piperazine rings is 1. The molecule has 0 atom stereocenters. The van der Waals surface area contributed by atoms with Gasteiger partial charge in [-0.15, -0.1) is 0 Å². The maximum absolute atomic E-state index is 12.7. The van der Waals surface area contributed by atoms with Crippen molar-refractivity contribution in [2.24, 2.45) is 0 Å². The molecule has 0 saturated carbocycles. The molecule has 0 spiro atoms. The standard InChI is InChI=1S/C19H31N3O3S/c1-4-20(5-2)11-10-19(23)21-12-14-22(15-13-21)26(24,25)16-18-9-7-6-8-17(18)3/h6-9H,4-5,10-16H2,1-3H3. The Balaban J connectivity index is 1.87.